The molecule has 17 heavy (non-hydrogen) atoms. The Hall–Kier alpha value is -1.56. The van der Waals surface area contributed by atoms with Crippen molar-refractivity contribution < 1.29 is 13.2 Å². The molecule has 1 aliphatic heterocycles. The molecule has 2 aliphatic rings. The third-order valence-electron chi connectivity index (χ3n) is 2.97. The first-order valence-corrected chi connectivity index (χ1v) is 6.83. The topological polar surface area (TPSA) is 59.0 Å². The van der Waals surface area contributed by atoms with Gasteiger partial charge in [-0.25, -0.2) is 0 Å². The largest absolute Gasteiger partial charge is 0.497 e. The van der Waals surface area contributed by atoms with Crippen molar-refractivity contribution in [3.8, 4) is 5.75 Å². The second-order valence-corrected chi connectivity index (χ2v) is 5.77. The number of sulfonamides is 1. The second kappa shape index (κ2) is 3.46. The normalized spacial score (nSPS) is 21.1. The van der Waals surface area contributed by atoms with Gasteiger partial charge in [-0.3, -0.25) is 0 Å². The van der Waals surface area contributed by atoms with E-state index in [0.29, 0.717) is 17.5 Å². The van der Waals surface area contributed by atoms with Crippen LogP contribution in [0.5, 0.6) is 5.75 Å². The molecule has 1 fully saturated rings. The quantitative estimate of drug-likeness (QED) is 0.798. The Morgan fingerprint density at radius 1 is 1.41 bits per heavy atom. The van der Waals surface area contributed by atoms with Crippen LogP contribution in [0.25, 0.3) is 0 Å². The Labute approximate surface area is 99.8 Å². The van der Waals surface area contributed by atoms with Gasteiger partial charge in [-0.2, -0.15) is 8.42 Å². The van der Waals surface area contributed by atoms with E-state index in [1.165, 1.54) is 19.5 Å². The molecule has 0 N–H and O–H groups in total. The molecule has 0 atom stereocenters. The van der Waals surface area contributed by atoms with E-state index in [2.05, 4.69) is 4.40 Å². The van der Waals surface area contributed by atoms with Crippen LogP contribution in [0.15, 0.2) is 27.5 Å². The number of hydrogen-bond donors (Lipinski definition) is 0. The Morgan fingerprint density at radius 2 is 2.18 bits per heavy atom. The zero-order chi connectivity index (χ0) is 12.0. The maximum absolute atomic E-state index is 11.8. The minimum Gasteiger partial charge on any atom is -0.497 e. The minimum absolute atomic E-state index is 0.228. The molecule has 0 spiro atoms. The fourth-order valence-electron chi connectivity index (χ4n) is 1.92. The summed E-state index contributed by atoms with van der Waals surface area (Å²) in [6.45, 7) is 0. The summed E-state index contributed by atoms with van der Waals surface area (Å²) in [6.07, 6.45) is 3.58. The van der Waals surface area contributed by atoms with Crippen LogP contribution in [-0.4, -0.2) is 27.9 Å². The molecule has 0 unspecified atom stereocenters. The second-order valence-electron chi connectivity index (χ2n) is 4.17. The lowest BCUT2D eigenvalue weighted by atomic mass is 10.2. The number of fused-ring (bicyclic) bond motifs is 1. The van der Waals surface area contributed by atoms with E-state index in [0.717, 1.165) is 12.8 Å². The summed E-state index contributed by atoms with van der Waals surface area (Å²) in [7, 11) is -2.05. The van der Waals surface area contributed by atoms with E-state index in [4.69, 9.17) is 4.74 Å². The highest BCUT2D eigenvalue weighted by atomic mass is 32.2. The summed E-state index contributed by atoms with van der Waals surface area (Å²) in [5.41, 5.74) is 0.698. The molecule has 3 rings (SSSR count). The van der Waals surface area contributed by atoms with Crippen LogP contribution < -0.4 is 9.64 Å². The van der Waals surface area contributed by atoms with Gasteiger partial charge in [0.2, 0.25) is 0 Å². The summed E-state index contributed by atoms with van der Waals surface area (Å²) < 4.78 is 32.4. The van der Waals surface area contributed by atoms with E-state index in [9.17, 15) is 8.42 Å². The number of rotatable bonds is 2. The highest BCUT2D eigenvalue weighted by molar-refractivity contribution is 7.90. The summed E-state index contributed by atoms with van der Waals surface area (Å²) in [4.78, 5) is 2.15. The first kappa shape index (κ1) is 10.6. The van der Waals surface area contributed by atoms with Crippen LogP contribution >= 0.6 is 0 Å². The molecule has 1 aromatic carbocycles. The number of benzene rings is 1. The van der Waals surface area contributed by atoms with Gasteiger partial charge < -0.3 is 9.64 Å². The standard InChI is InChI=1S/C11H12N2O3S/c1-16-9-4-5-10-11(6-9)17(14,15)12-7-13(10)8-2-3-8/h4-8H,2-3H2,1H3. The Kier molecular flexibility index (Phi) is 2.16. The maximum atomic E-state index is 11.8. The predicted molar refractivity (Wildman–Crippen MR) is 64.2 cm³/mol. The molecule has 0 amide bonds. The molecule has 0 saturated heterocycles. The monoisotopic (exact) mass is 252 g/mol. The molecule has 0 aromatic heterocycles. The van der Waals surface area contributed by atoms with Gasteiger partial charge >= 0.3 is 0 Å². The van der Waals surface area contributed by atoms with Crippen molar-refractivity contribution in [1.29, 1.82) is 0 Å². The lowest BCUT2D eigenvalue weighted by Crippen LogP contribution is -2.29. The van der Waals surface area contributed by atoms with Gasteiger partial charge in [-0.05, 0) is 25.0 Å². The number of methoxy groups -OCH3 is 1. The van der Waals surface area contributed by atoms with Gasteiger partial charge in [0.15, 0.2) is 0 Å². The van der Waals surface area contributed by atoms with Crippen molar-refractivity contribution in [3.05, 3.63) is 18.2 Å². The van der Waals surface area contributed by atoms with E-state index in [-0.39, 0.29) is 4.90 Å². The zero-order valence-electron chi connectivity index (χ0n) is 9.33. The van der Waals surface area contributed by atoms with E-state index >= 15 is 0 Å². The molecule has 5 nitrogen and oxygen atoms in total. The van der Waals surface area contributed by atoms with Gasteiger partial charge in [0.25, 0.3) is 10.0 Å². The number of hydrogen-bond acceptors (Lipinski definition) is 4. The Balaban J connectivity index is 2.17. The molecule has 0 radical (unpaired) electrons. The van der Waals surface area contributed by atoms with Crippen LogP contribution in [-0.2, 0) is 10.0 Å². The fourth-order valence-corrected chi connectivity index (χ4v) is 2.96. The summed E-state index contributed by atoms with van der Waals surface area (Å²) in [6, 6.07) is 5.45. The van der Waals surface area contributed by atoms with E-state index in [1.54, 1.807) is 12.1 Å². The molecule has 1 aliphatic carbocycles. The van der Waals surface area contributed by atoms with E-state index in [1.807, 2.05) is 4.90 Å². The molecule has 1 heterocycles. The molecule has 90 valence electrons. The van der Waals surface area contributed by atoms with Crippen molar-refractivity contribution in [2.75, 3.05) is 12.0 Å². The first-order chi connectivity index (χ1) is 8.12. The van der Waals surface area contributed by atoms with Gasteiger partial charge in [0.1, 0.15) is 17.0 Å². The van der Waals surface area contributed by atoms with Crippen LogP contribution in [0.1, 0.15) is 12.8 Å². The van der Waals surface area contributed by atoms with Crippen molar-refractivity contribution >= 4 is 22.0 Å². The zero-order valence-corrected chi connectivity index (χ0v) is 10.1. The molecule has 1 aromatic rings. The van der Waals surface area contributed by atoms with Crippen LogP contribution in [0.4, 0.5) is 5.69 Å². The molecular weight excluding hydrogens is 240 g/mol. The fraction of sp³-hybridized carbons (Fsp3) is 0.364. The smallest absolute Gasteiger partial charge is 0.285 e. The van der Waals surface area contributed by atoms with Gasteiger partial charge in [-0.15, -0.1) is 4.40 Å². The van der Waals surface area contributed by atoms with Crippen molar-refractivity contribution in [1.82, 2.24) is 0 Å². The van der Waals surface area contributed by atoms with Crippen LogP contribution in [0.2, 0.25) is 0 Å². The molecule has 1 saturated carbocycles. The van der Waals surface area contributed by atoms with Crippen LogP contribution in [0.3, 0.4) is 0 Å². The van der Waals surface area contributed by atoms with Gasteiger partial charge in [-0.1, -0.05) is 0 Å². The van der Waals surface area contributed by atoms with Crippen molar-refractivity contribution in [2.24, 2.45) is 4.40 Å². The number of nitrogens with zero attached hydrogens (tertiary/aromatic N) is 2. The van der Waals surface area contributed by atoms with Crippen molar-refractivity contribution in [3.63, 3.8) is 0 Å². The lowest BCUT2D eigenvalue weighted by Gasteiger charge is -2.25. The highest BCUT2D eigenvalue weighted by Crippen LogP contribution is 2.38. The van der Waals surface area contributed by atoms with Crippen LogP contribution in [0, 0.1) is 0 Å². The molecule has 6 heteroatoms. The SMILES string of the molecule is COc1ccc2c(c1)S(=O)(=O)N=CN2C1CC1. The summed E-state index contributed by atoms with van der Waals surface area (Å²) in [5.74, 6) is 0.528. The third kappa shape index (κ3) is 1.68. The lowest BCUT2D eigenvalue weighted by molar-refractivity contribution is 0.413. The number of ether oxygens (including phenoxy) is 1. The number of anilines is 1. The average molecular weight is 252 g/mol. The maximum Gasteiger partial charge on any atom is 0.285 e. The van der Waals surface area contributed by atoms with Gasteiger partial charge in [0.05, 0.1) is 12.8 Å². The predicted octanol–water partition coefficient (Wildman–Crippen LogP) is 1.39. The first-order valence-electron chi connectivity index (χ1n) is 5.39. The molecular formula is C11H12N2O3S. The average Bonchev–Trinajstić information content (AvgIpc) is 3.13. The Morgan fingerprint density at radius 3 is 2.82 bits per heavy atom. The summed E-state index contributed by atoms with van der Waals surface area (Å²) in [5, 5.41) is 0. The Bertz CT molecular complexity index is 591. The van der Waals surface area contributed by atoms with Crippen molar-refractivity contribution in [2.45, 2.75) is 23.8 Å². The highest BCUT2D eigenvalue weighted by Gasteiger charge is 2.35. The summed E-state index contributed by atoms with van der Waals surface area (Å²) >= 11 is 0. The third-order valence-corrected chi connectivity index (χ3v) is 4.23. The minimum atomic E-state index is -3.57. The van der Waals surface area contributed by atoms with Gasteiger partial charge in [0, 0.05) is 12.1 Å². The molecule has 0 bridgehead atoms. The van der Waals surface area contributed by atoms with E-state index < -0.39 is 10.0 Å².